The van der Waals surface area contributed by atoms with Crippen molar-refractivity contribution in [3.63, 3.8) is 0 Å². The van der Waals surface area contributed by atoms with Gasteiger partial charge in [-0.3, -0.25) is 0 Å². The SMILES string of the molecule is O=C1NC(C(=O)Oc2ccccc2)CO1. The molecule has 1 aliphatic rings. The normalized spacial score (nSPS) is 19.2. The monoisotopic (exact) mass is 207 g/mol. The first-order valence-electron chi connectivity index (χ1n) is 4.46. The average Bonchev–Trinajstić information content (AvgIpc) is 2.66. The summed E-state index contributed by atoms with van der Waals surface area (Å²) in [5, 5.41) is 2.34. The van der Waals surface area contributed by atoms with E-state index in [2.05, 4.69) is 10.1 Å². The highest BCUT2D eigenvalue weighted by Crippen LogP contribution is 2.10. The van der Waals surface area contributed by atoms with E-state index in [1.807, 2.05) is 6.07 Å². The molecule has 1 aromatic carbocycles. The molecule has 1 unspecified atom stereocenters. The van der Waals surface area contributed by atoms with Crippen LogP contribution in [0.2, 0.25) is 0 Å². The summed E-state index contributed by atoms with van der Waals surface area (Å²) >= 11 is 0. The lowest BCUT2D eigenvalue weighted by atomic mass is 10.3. The predicted octanol–water partition coefficient (Wildman–Crippen LogP) is 0.700. The first-order chi connectivity index (χ1) is 7.25. The number of ether oxygens (including phenoxy) is 2. The van der Waals surface area contributed by atoms with Crippen molar-refractivity contribution >= 4 is 12.1 Å². The number of hydrogen-bond acceptors (Lipinski definition) is 4. The third-order valence-electron chi connectivity index (χ3n) is 1.92. The smallest absolute Gasteiger partial charge is 0.408 e. The number of nitrogens with one attached hydrogen (secondary N) is 1. The topological polar surface area (TPSA) is 64.6 Å². The number of cyclic esters (lactones) is 1. The maximum atomic E-state index is 11.4. The van der Waals surface area contributed by atoms with Crippen LogP contribution in [0.5, 0.6) is 5.75 Å². The predicted molar refractivity (Wildman–Crippen MR) is 50.3 cm³/mol. The fourth-order valence-corrected chi connectivity index (χ4v) is 1.19. The summed E-state index contributed by atoms with van der Waals surface area (Å²) in [6, 6.07) is 7.94. The van der Waals surface area contributed by atoms with Crippen molar-refractivity contribution in [3.8, 4) is 5.75 Å². The molecule has 1 fully saturated rings. The second kappa shape index (κ2) is 4.00. The number of benzene rings is 1. The van der Waals surface area contributed by atoms with E-state index in [1.54, 1.807) is 24.3 Å². The minimum absolute atomic E-state index is 0.0184. The number of hydrogen-bond donors (Lipinski definition) is 1. The highest BCUT2D eigenvalue weighted by atomic mass is 16.6. The molecule has 1 amide bonds. The van der Waals surface area contributed by atoms with Crippen LogP contribution in [0.25, 0.3) is 0 Å². The van der Waals surface area contributed by atoms with Gasteiger partial charge in [0.05, 0.1) is 0 Å². The fourth-order valence-electron chi connectivity index (χ4n) is 1.19. The van der Waals surface area contributed by atoms with Gasteiger partial charge in [-0.2, -0.15) is 0 Å². The van der Waals surface area contributed by atoms with Crippen molar-refractivity contribution in [2.75, 3.05) is 6.61 Å². The summed E-state index contributed by atoms with van der Waals surface area (Å²) in [5.41, 5.74) is 0. The largest absolute Gasteiger partial charge is 0.447 e. The Kier molecular flexibility index (Phi) is 2.53. The Balaban J connectivity index is 1.96. The van der Waals surface area contributed by atoms with E-state index >= 15 is 0 Å². The van der Waals surface area contributed by atoms with Crippen LogP contribution in [0.1, 0.15) is 0 Å². The van der Waals surface area contributed by atoms with Crippen LogP contribution in [0.4, 0.5) is 4.79 Å². The number of para-hydroxylation sites is 1. The molecule has 0 spiro atoms. The van der Waals surface area contributed by atoms with Gasteiger partial charge in [0.15, 0.2) is 6.04 Å². The Morgan fingerprint density at radius 1 is 1.40 bits per heavy atom. The van der Waals surface area contributed by atoms with Gasteiger partial charge in [0.25, 0.3) is 0 Å². The van der Waals surface area contributed by atoms with Crippen molar-refractivity contribution in [2.24, 2.45) is 0 Å². The van der Waals surface area contributed by atoms with E-state index in [0.717, 1.165) is 0 Å². The third-order valence-corrected chi connectivity index (χ3v) is 1.92. The number of carbonyl (C=O) groups is 2. The second-order valence-electron chi connectivity index (χ2n) is 3.03. The highest BCUT2D eigenvalue weighted by molar-refractivity contribution is 5.85. The molecule has 2 rings (SSSR count). The zero-order chi connectivity index (χ0) is 10.7. The van der Waals surface area contributed by atoms with Crippen LogP contribution in [0.3, 0.4) is 0 Å². The summed E-state index contributed by atoms with van der Waals surface area (Å²) in [5.74, 6) is -0.0734. The molecule has 1 saturated heterocycles. The van der Waals surface area contributed by atoms with Crippen molar-refractivity contribution in [3.05, 3.63) is 30.3 Å². The Morgan fingerprint density at radius 3 is 2.73 bits per heavy atom. The average molecular weight is 207 g/mol. The van der Waals surface area contributed by atoms with Gasteiger partial charge in [0.1, 0.15) is 12.4 Å². The molecule has 15 heavy (non-hydrogen) atoms. The molecule has 0 aliphatic carbocycles. The van der Waals surface area contributed by atoms with Gasteiger partial charge in [0.2, 0.25) is 0 Å². The summed E-state index contributed by atoms with van der Waals surface area (Å²) in [4.78, 5) is 22.1. The van der Waals surface area contributed by atoms with Crippen LogP contribution in [0, 0.1) is 0 Å². The van der Waals surface area contributed by atoms with Crippen LogP contribution in [-0.4, -0.2) is 24.7 Å². The van der Waals surface area contributed by atoms with Crippen molar-refractivity contribution < 1.29 is 19.1 Å². The van der Waals surface area contributed by atoms with E-state index in [0.29, 0.717) is 5.75 Å². The molecule has 1 heterocycles. The third kappa shape index (κ3) is 2.25. The maximum Gasteiger partial charge on any atom is 0.408 e. The second-order valence-corrected chi connectivity index (χ2v) is 3.03. The minimum Gasteiger partial charge on any atom is -0.447 e. The van der Waals surface area contributed by atoms with Crippen molar-refractivity contribution in [1.29, 1.82) is 0 Å². The lowest BCUT2D eigenvalue weighted by Crippen LogP contribution is -2.37. The van der Waals surface area contributed by atoms with E-state index in [-0.39, 0.29) is 6.61 Å². The van der Waals surface area contributed by atoms with Gasteiger partial charge in [-0.15, -0.1) is 0 Å². The summed E-state index contributed by atoms with van der Waals surface area (Å²) in [7, 11) is 0. The van der Waals surface area contributed by atoms with Crippen molar-refractivity contribution in [1.82, 2.24) is 5.32 Å². The zero-order valence-electron chi connectivity index (χ0n) is 7.80. The Labute approximate surface area is 86.0 Å². The number of alkyl carbamates (subject to hydrolysis) is 1. The molecule has 1 N–H and O–H groups in total. The van der Waals surface area contributed by atoms with E-state index < -0.39 is 18.1 Å². The van der Waals surface area contributed by atoms with Crippen LogP contribution < -0.4 is 10.1 Å². The van der Waals surface area contributed by atoms with Gasteiger partial charge in [-0.25, -0.2) is 9.59 Å². The fraction of sp³-hybridized carbons (Fsp3) is 0.200. The van der Waals surface area contributed by atoms with Crippen LogP contribution in [-0.2, 0) is 9.53 Å². The molecule has 1 atom stereocenters. The summed E-state index contributed by atoms with van der Waals surface area (Å²) in [6.45, 7) is 0.0184. The molecule has 0 bridgehead atoms. The first-order valence-corrected chi connectivity index (χ1v) is 4.46. The molecule has 0 saturated carbocycles. The van der Waals surface area contributed by atoms with Gasteiger partial charge < -0.3 is 14.8 Å². The van der Waals surface area contributed by atoms with Crippen LogP contribution >= 0.6 is 0 Å². The number of rotatable bonds is 2. The molecule has 5 nitrogen and oxygen atoms in total. The lowest BCUT2D eigenvalue weighted by Gasteiger charge is -2.07. The molecule has 78 valence electrons. The zero-order valence-corrected chi connectivity index (χ0v) is 7.80. The minimum atomic E-state index is -0.710. The van der Waals surface area contributed by atoms with E-state index in [1.165, 1.54) is 0 Å². The standard InChI is InChI=1S/C10H9NO4/c12-9(8-6-14-10(13)11-8)15-7-4-2-1-3-5-7/h1-5,8H,6H2,(H,11,13). The summed E-state index contributed by atoms with van der Waals surface area (Å²) < 4.78 is 9.59. The summed E-state index contributed by atoms with van der Waals surface area (Å²) in [6.07, 6.45) is -0.593. The van der Waals surface area contributed by atoms with Gasteiger partial charge in [-0.05, 0) is 12.1 Å². The number of esters is 1. The van der Waals surface area contributed by atoms with E-state index in [4.69, 9.17) is 4.74 Å². The Bertz CT molecular complexity index is 376. The highest BCUT2D eigenvalue weighted by Gasteiger charge is 2.30. The number of carbonyl (C=O) groups excluding carboxylic acids is 2. The van der Waals surface area contributed by atoms with Gasteiger partial charge in [0, 0.05) is 0 Å². The van der Waals surface area contributed by atoms with E-state index in [9.17, 15) is 9.59 Å². The molecular formula is C10H9NO4. The Morgan fingerprint density at radius 2 is 2.13 bits per heavy atom. The number of amides is 1. The molecule has 1 aliphatic heterocycles. The maximum absolute atomic E-state index is 11.4. The van der Waals surface area contributed by atoms with Crippen molar-refractivity contribution in [2.45, 2.75) is 6.04 Å². The quantitative estimate of drug-likeness (QED) is 0.572. The van der Waals surface area contributed by atoms with Crippen LogP contribution in [0.15, 0.2) is 30.3 Å². The lowest BCUT2D eigenvalue weighted by molar-refractivity contribution is -0.136. The molecule has 0 aromatic heterocycles. The first kappa shape index (κ1) is 9.51. The molecular weight excluding hydrogens is 198 g/mol. The molecule has 5 heteroatoms. The molecule has 0 radical (unpaired) electrons. The molecule has 1 aromatic rings. The Hall–Kier alpha value is -2.04. The van der Waals surface area contributed by atoms with Gasteiger partial charge in [-0.1, -0.05) is 18.2 Å². The van der Waals surface area contributed by atoms with Gasteiger partial charge >= 0.3 is 12.1 Å².